The zero-order valence-electron chi connectivity index (χ0n) is 5.79. The molecule has 0 fully saturated rings. The van der Waals surface area contributed by atoms with Crippen LogP contribution in [-0.4, -0.2) is 25.5 Å². The Labute approximate surface area is 70.4 Å². The molecule has 1 aliphatic rings. The van der Waals surface area contributed by atoms with Crippen LogP contribution < -0.4 is 0 Å². The van der Waals surface area contributed by atoms with Gasteiger partial charge in [0.2, 0.25) is 0 Å². The molecule has 56 valence electrons. The summed E-state index contributed by atoms with van der Waals surface area (Å²) >= 11 is -0.220. The van der Waals surface area contributed by atoms with Crippen molar-refractivity contribution in [3.8, 4) is 0 Å². The molecule has 0 aliphatic carbocycles. The predicted octanol–water partition coefficient (Wildman–Crippen LogP) is 1.11. The van der Waals surface area contributed by atoms with Crippen molar-refractivity contribution in [1.29, 1.82) is 0 Å². The van der Waals surface area contributed by atoms with Crippen LogP contribution in [-0.2, 0) is 0 Å². The Balaban J connectivity index is 2.76. The highest BCUT2D eigenvalue weighted by molar-refractivity contribution is 14.2. The van der Waals surface area contributed by atoms with E-state index in [1.54, 1.807) is 6.08 Å². The smallest absolute Gasteiger partial charge is 0.125 e. The highest BCUT2D eigenvalue weighted by Crippen LogP contribution is 2.17. The number of allylic oxidation sites excluding steroid dienone is 1. The molecule has 2 unspecified atom stereocenters. The van der Waals surface area contributed by atoms with Crippen LogP contribution in [0.25, 0.3) is 0 Å². The standard InChI is InChI=1S/C7H10INO/c1-5-3-4-6(10)7(8-2)9-5/h3-4,6-7,10H,2H2,1H3. The second-order valence-electron chi connectivity index (χ2n) is 2.15. The number of hydrogen-bond acceptors (Lipinski definition) is 2. The van der Waals surface area contributed by atoms with Crippen LogP contribution in [0.4, 0.5) is 0 Å². The predicted molar refractivity (Wildman–Crippen MR) is 53.2 cm³/mol. The van der Waals surface area contributed by atoms with E-state index in [2.05, 4.69) is 9.51 Å². The number of rotatable bonds is 1. The molecule has 1 aliphatic heterocycles. The number of nitrogens with zero attached hydrogens (tertiary/aromatic N) is 1. The van der Waals surface area contributed by atoms with E-state index in [4.69, 9.17) is 0 Å². The normalized spacial score (nSPS) is 32.0. The Morgan fingerprint density at radius 3 is 3.00 bits per heavy atom. The number of dihydropyridines is 1. The molecule has 0 amide bonds. The van der Waals surface area contributed by atoms with Crippen LogP contribution in [0.3, 0.4) is 0 Å². The molecule has 2 atom stereocenters. The molecule has 0 radical (unpaired) electrons. The Hall–Kier alpha value is -0.0300. The number of hydrogen-bond donors (Lipinski definition) is 1. The summed E-state index contributed by atoms with van der Waals surface area (Å²) in [6.07, 6.45) is 3.26. The van der Waals surface area contributed by atoms with Crippen LogP contribution in [0.2, 0.25) is 0 Å². The summed E-state index contributed by atoms with van der Waals surface area (Å²) in [5, 5.41) is 9.28. The molecule has 1 heterocycles. The van der Waals surface area contributed by atoms with Gasteiger partial charge in [0.15, 0.2) is 0 Å². The zero-order valence-corrected chi connectivity index (χ0v) is 7.95. The molecule has 0 aromatic heterocycles. The van der Waals surface area contributed by atoms with E-state index in [0.29, 0.717) is 0 Å². The molecule has 1 rings (SSSR count). The SMILES string of the molecule is C=IC1N=C(C)C=CC1O. The maximum Gasteiger partial charge on any atom is 0.125 e. The summed E-state index contributed by atoms with van der Waals surface area (Å²) in [6.45, 7) is 1.94. The lowest BCUT2D eigenvalue weighted by atomic mass is 10.2. The summed E-state index contributed by atoms with van der Waals surface area (Å²) in [6, 6.07) is 0. The van der Waals surface area contributed by atoms with E-state index >= 15 is 0 Å². The average molecular weight is 251 g/mol. The maximum atomic E-state index is 9.28. The highest BCUT2D eigenvalue weighted by atomic mass is 127. The lowest BCUT2D eigenvalue weighted by Crippen LogP contribution is -2.20. The summed E-state index contributed by atoms with van der Waals surface area (Å²) in [4.78, 5) is 4.25. The van der Waals surface area contributed by atoms with E-state index in [1.807, 2.05) is 13.0 Å². The molecule has 0 saturated heterocycles. The van der Waals surface area contributed by atoms with Crippen molar-refractivity contribution in [3.63, 3.8) is 0 Å². The molecule has 0 spiro atoms. The number of halogens is 1. The summed E-state index contributed by atoms with van der Waals surface area (Å²) in [7, 11) is 0. The Morgan fingerprint density at radius 1 is 1.80 bits per heavy atom. The molecule has 2 nitrogen and oxygen atoms in total. The third-order valence-electron chi connectivity index (χ3n) is 1.30. The summed E-state index contributed by atoms with van der Waals surface area (Å²) < 4.78 is 3.89. The van der Waals surface area contributed by atoms with Crippen LogP contribution in [0.15, 0.2) is 17.1 Å². The first-order chi connectivity index (χ1) is 4.74. The molecule has 0 saturated carbocycles. The van der Waals surface area contributed by atoms with Crippen LogP contribution in [0.1, 0.15) is 6.92 Å². The average Bonchev–Trinajstić information content (AvgIpc) is 1.94. The van der Waals surface area contributed by atoms with Crippen molar-refractivity contribution in [1.82, 2.24) is 0 Å². The van der Waals surface area contributed by atoms with Gasteiger partial charge in [0.05, 0.1) is 0 Å². The highest BCUT2D eigenvalue weighted by Gasteiger charge is 2.14. The summed E-state index contributed by atoms with van der Waals surface area (Å²) in [5.74, 6) is 0. The molecule has 0 bridgehead atoms. The van der Waals surface area contributed by atoms with Gasteiger partial charge in [-0.25, -0.2) is 0 Å². The topological polar surface area (TPSA) is 32.6 Å². The fourth-order valence-corrected chi connectivity index (χ4v) is 2.17. The van der Waals surface area contributed by atoms with Gasteiger partial charge in [0.25, 0.3) is 0 Å². The van der Waals surface area contributed by atoms with E-state index in [0.717, 1.165) is 5.71 Å². The van der Waals surface area contributed by atoms with E-state index in [9.17, 15) is 5.11 Å². The van der Waals surface area contributed by atoms with Gasteiger partial charge in [0.1, 0.15) is 10.2 Å². The van der Waals surface area contributed by atoms with Crippen LogP contribution in [0, 0.1) is 0 Å². The fourth-order valence-electron chi connectivity index (χ4n) is 0.769. The number of aliphatic imine (C=N–C) groups is 1. The third kappa shape index (κ3) is 1.73. The van der Waals surface area contributed by atoms with Crippen molar-refractivity contribution in [2.45, 2.75) is 17.1 Å². The minimum atomic E-state index is -0.381. The summed E-state index contributed by atoms with van der Waals surface area (Å²) in [5.41, 5.74) is 0.999. The number of aliphatic hydroxyl groups is 1. The molecule has 10 heavy (non-hydrogen) atoms. The molecule has 1 N–H and O–H groups in total. The van der Waals surface area contributed by atoms with Crippen molar-refractivity contribution < 1.29 is 5.11 Å². The Kier molecular flexibility index (Phi) is 2.73. The van der Waals surface area contributed by atoms with E-state index in [1.165, 1.54) is 0 Å². The monoisotopic (exact) mass is 251 g/mol. The van der Waals surface area contributed by atoms with Gasteiger partial charge in [-0.05, 0) is 13.0 Å². The van der Waals surface area contributed by atoms with Gasteiger partial charge < -0.3 is 5.11 Å². The second-order valence-corrected chi connectivity index (χ2v) is 4.30. The molecular formula is C7H10INO. The Morgan fingerprint density at radius 2 is 2.50 bits per heavy atom. The molecule has 0 aromatic carbocycles. The molecule has 0 aromatic rings. The minimum Gasteiger partial charge on any atom is -0.386 e. The van der Waals surface area contributed by atoms with Gasteiger partial charge in [0, 0.05) is 5.71 Å². The van der Waals surface area contributed by atoms with E-state index in [-0.39, 0.29) is 30.9 Å². The van der Waals surface area contributed by atoms with E-state index < -0.39 is 0 Å². The largest absolute Gasteiger partial charge is 0.386 e. The first kappa shape index (κ1) is 8.07. The third-order valence-corrected chi connectivity index (χ3v) is 3.22. The van der Waals surface area contributed by atoms with Crippen molar-refractivity contribution in [2.24, 2.45) is 4.99 Å². The first-order valence-electron chi connectivity index (χ1n) is 3.01. The lowest BCUT2D eigenvalue weighted by molar-refractivity contribution is 0.225. The second kappa shape index (κ2) is 3.39. The number of aliphatic hydroxyl groups excluding tert-OH is 1. The van der Waals surface area contributed by atoms with Gasteiger partial charge in [-0.15, -0.1) is 0 Å². The lowest BCUT2D eigenvalue weighted by Gasteiger charge is -2.15. The van der Waals surface area contributed by atoms with Crippen molar-refractivity contribution in [3.05, 3.63) is 12.2 Å². The van der Waals surface area contributed by atoms with Gasteiger partial charge in [-0.3, -0.25) is 4.99 Å². The van der Waals surface area contributed by atoms with Gasteiger partial charge in [-0.2, -0.15) is 0 Å². The fraction of sp³-hybridized carbons (Fsp3) is 0.429. The van der Waals surface area contributed by atoms with Gasteiger partial charge in [-0.1, -0.05) is 31.3 Å². The molecule has 3 heteroatoms. The van der Waals surface area contributed by atoms with Crippen molar-refractivity contribution in [2.75, 3.05) is 0 Å². The minimum absolute atomic E-state index is 0.0869. The Bertz CT molecular complexity index is 198. The van der Waals surface area contributed by atoms with Gasteiger partial charge >= 0.3 is 0 Å². The van der Waals surface area contributed by atoms with Crippen LogP contribution >= 0.6 is 20.7 Å². The van der Waals surface area contributed by atoms with Crippen LogP contribution in [0.5, 0.6) is 0 Å². The van der Waals surface area contributed by atoms with Crippen molar-refractivity contribution >= 4 is 31.0 Å². The first-order valence-corrected chi connectivity index (χ1v) is 5.79. The number of alkyl halides is 1. The maximum absolute atomic E-state index is 9.28. The molecular weight excluding hydrogens is 241 g/mol. The zero-order chi connectivity index (χ0) is 7.56. The quantitative estimate of drug-likeness (QED) is 0.422.